The highest BCUT2D eigenvalue weighted by Gasteiger charge is 2.30. The van der Waals surface area contributed by atoms with Gasteiger partial charge in [-0.3, -0.25) is 9.69 Å². The van der Waals surface area contributed by atoms with E-state index in [1.165, 1.54) is 4.90 Å². The molecule has 0 saturated carbocycles. The maximum Gasteiger partial charge on any atom is 0.351 e. The summed E-state index contributed by atoms with van der Waals surface area (Å²) in [7, 11) is 0. The number of anilines is 1. The fourth-order valence-corrected chi connectivity index (χ4v) is 1.65. The number of aryl methyl sites for hydroxylation is 1. The van der Waals surface area contributed by atoms with Gasteiger partial charge in [-0.15, -0.1) is 0 Å². The Hall–Kier alpha value is -1.36. The smallest absolute Gasteiger partial charge is 0.283 e. The standard InChI is InChI=1S/C10H8BrN2O2/c1-6-4-7(2-3-8(6)11)13-5-9(14)12-10(13)15/h2-4H,5H2,1H3. The van der Waals surface area contributed by atoms with Crippen LogP contribution in [0.1, 0.15) is 5.56 Å². The molecule has 0 aromatic heterocycles. The summed E-state index contributed by atoms with van der Waals surface area (Å²) in [5.74, 6) is -0.388. The minimum atomic E-state index is -0.485. The van der Waals surface area contributed by atoms with Gasteiger partial charge >= 0.3 is 6.03 Å². The fourth-order valence-electron chi connectivity index (χ4n) is 1.40. The van der Waals surface area contributed by atoms with E-state index in [0.717, 1.165) is 10.0 Å². The van der Waals surface area contributed by atoms with Crippen molar-refractivity contribution in [2.24, 2.45) is 0 Å². The predicted octanol–water partition coefficient (Wildman–Crippen LogP) is 1.83. The highest BCUT2D eigenvalue weighted by Crippen LogP contribution is 2.24. The molecule has 1 heterocycles. The number of urea groups is 1. The van der Waals surface area contributed by atoms with Crippen molar-refractivity contribution in [3.05, 3.63) is 28.2 Å². The third-order valence-corrected chi connectivity index (χ3v) is 3.09. The molecule has 1 aliphatic heterocycles. The number of rotatable bonds is 1. The molecule has 1 aromatic rings. The molecule has 5 heteroatoms. The van der Waals surface area contributed by atoms with E-state index in [1.807, 2.05) is 19.1 Å². The summed E-state index contributed by atoms with van der Waals surface area (Å²) in [4.78, 5) is 23.6. The Morgan fingerprint density at radius 3 is 2.67 bits per heavy atom. The Bertz CT molecular complexity index is 445. The van der Waals surface area contributed by atoms with Gasteiger partial charge in [-0.2, -0.15) is 5.32 Å². The summed E-state index contributed by atoms with van der Waals surface area (Å²) in [5.41, 5.74) is 1.72. The van der Waals surface area contributed by atoms with E-state index in [0.29, 0.717) is 5.69 Å². The first-order valence-electron chi connectivity index (χ1n) is 4.40. The van der Waals surface area contributed by atoms with Gasteiger partial charge in [0.05, 0.1) is 0 Å². The number of hydrogen-bond acceptors (Lipinski definition) is 2. The average molecular weight is 268 g/mol. The molecule has 77 valence electrons. The summed E-state index contributed by atoms with van der Waals surface area (Å²) >= 11 is 3.37. The van der Waals surface area contributed by atoms with Crippen LogP contribution in [-0.2, 0) is 4.79 Å². The quantitative estimate of drug-likeness (QED) is 0.729. The zero-order chi connectivity index (χ0) is 11.0. The van der Waals surface area contributed by atoms with E-state index in [-0.39, 0.29) is 12.5 Å². The highest BCUT2D eigenvalue weighted by atomic mass is 79.9. The Morgan fingerprint density at radius 2 is 2.13 bits per heavy atom. The number of benzene rings is 1. The maximum atomic E-state index is 11.3. The van der Waals surface area contributed by atoms with Gasteiger partial charge in [-0.25, -0.2) is 4.79 Å². The SMILES string of the molecule is Cc1cc(N2CC(=O)[N]C2=O)ccc1Br. The van der Waals surface area contributed by atoms with Crippen molar-refractivity contribution in [2.45, 2.75) is 6.92 Å². The van der Waals surface area contributed by atoms with Crippen LogP contribution in [0.15, 0.2) is 22.7 Å². The second kappa shape index (κ2) is 3.66. The van der Waals surface area contributed by atoms with Crippen molar-refractivity contribution < 1.29 is 9.59 Å². The van der Waals surface area contributed by atoms with Crippen LogP contribution in [0.4, 0.5) is 10.5 Å². The largest absolute Gasteiger partial charge is 0.351 e. The van der Waals surface area contributed by atoms with E-state index < -0.39 is 6.03 Å². The van der Waals surface area contributed by atoms with Gasteiger partial charge in [0.15, 0.2) is 0 Å². The first kappa shape index (κ1) is 10.2. The molecule has 1 saturated heterocycles. The highest BCUT2D eigenvalue weighted by molar-refractivity contribution is 9.10. The number of nitrogens with zero attached hydrogens (tertiary/aromatic N) is 2. The maximum absolute atomic E-state index is 11.3. The third-order valence-electron chi connectivity index (χ3n) is 2.20. The second-order valence-electron chi connectivity index (χ2n) is 3.31. The molecule has 2 rings (SSSR count). The summed E-state index contributed by atoms with van der Waals surface area (Å²) in [6.45, 7) is 1.97. The number of carbonyl (C=O) groups excluding carboxylic acids is 2. The number of imide groups is 1. The van der Waals surface area contributed by atoms with Crippen molar-refractivity contribution in [3.8, 4) is 0 Å². The second-order valence-corrected chi connectivity index (χ2v) is 4.16. The Kier molecular flexibility index (Phi) is 2.48. The summed E-state index contributed by atoms with van der Waals surface area (Å²) < 4.78 is 0.973. The van der Waals surface area contributed by atoms with Gasteiger partial charge in [0, 0.05) is 10.2 Å². The van der Waals surface area contributed by atoms with Gasteiger partial charge in [0.1, 0.15) is 6.54 Å². The number of amides is 3. The molecule has 1 aliphatic rings. The Balaban J connectivity index is 2.34. The molecule has 1 fully saturated rings. The predicted molar refractivity (Wildman–Crippen MR) is 58.8 cm³/mol. The lowest BCUT2D eigenvalue weighted by Crippen LogP contribution is -2.25. The van der Waals surface area contributed by atoms with E-state index in [4.69, 9.17) is 0 Å². The molecule has 0 N–H and O–H groups in total. The third kappa shape index (κ3) is 1.87. The van der Waals surface area contributed by atoms with E-state index in [9.17, 15) is 9.59 Å². The number of halogens is 1. The Labute approximate surface area is 95.4 Å². The van der Waals surface area contributed by atoms with Crippen LogP contribution >= 0.6 is 15.9 Å². The number of carbonyl (C=O) groups is 2. The molecule has 0 atom stereocenters. The van der Waals surface area contributed by atoms with Crippen LogP contribution in [-0.4, -0.2) is 18.5 Å². The minimum absolute atomic E-state index is 0.0416. The minimum Gasteiger partial charge on any atom is -0.283 e. The van der Waals surface area contributed by atoms with Gasteiger partial charge in [0.25, 0.3) is 5.91 Å². The molecule has 1 radical (unpaired) electrons. The fraction of sp³-hybridized carbons (Fsp3) is 0.200. The zero-order valence-electron chi connectivity index (χ0n) is 8.03. The molecule has 0 spiro atoms. The average Bonchev–Trinajstić information content (AvgIpc) is 2.50. The molecule has 15 heavy (non-hydrogen) atoms. The van der Waals surface area contributed by atoms with Crippen LogP contribution in [0.25, 0.3) is 0 Å². The molecule has 0 bridgehead atoms. The van der Waals surface area contributed by atoms with Crippen molar-refractivity contribution in [2.75, 3.05) is 11.4 Å². The monoisotopic (exact) mass is 267 g/mol. The molecule has 0 unspecified atom stereocenters. The summed E-state index contributed by atoms with van der Waals surface area (Å²) in [6, 6.07) is 4.99. The van der Waals surface area contributed by atoms with E-state index in [1.54, 1.807) is 6.07 Å². The van der Waals surface area contributed by atoms with Crippen molar-refractivity contribution in [1.82, 2.24) is 5.32 Å². The van der Waals surface area contributed by atoms with E-state index in [2.05, 4.69) is 21.2 Å². The van der Waals surface area contributed by atoms with Crippen LogP contribution < -0.4 is 10.2 Å². The first-order valence-corrected chi connectivity index (χ1v) is 5.19. The lowest BCUT2D eigenvalue weighted by molar-refractivity contribution is -0.117. The summed E-state index contributed by atoms with van der Waals surface area (Å²) in [6.07, 6.45) is 0. The number of hydrogen-bond donors (Lipinski definition) is 0. The van der Waals surface area contributed by atoms with Crippen LogP contribution in [0, 0.1) is 6.92 Å². The Morgan fingerprint density at radius 1 is 1.40 bits per heavy atom. The molecule has 1 aromatic carbocycles. The topological polar surface area (TPSA) is 51.5 Å². The summed E-state index contributed by atoms with van der Waals surface area (Å²) in [5, 5.41) is 3.34. The lowest BCUT2D eigenvalue weighted by Gasteiger charge is -2.13. The molecule has 4 nitrogen and oxygen atoms in total. The van der Waals surface area contributed by atoms with Gasteiger partial charge in [0.2, 0.25) is 0 Å². The molecule has 3 amide bonds. The van der Waals surface area contributed by atoms with Crippen LogP contribution in [0.3, 0.4) is 0 Å². The first-order chi connectivity index (χ1) is 7.08. The van der Waals surface area contributed by atoms with Crippen molar-refractivity contribution in [3.63, 3.8) is 0 Å². The zero-order valence-corrected chi connectivity index (χ0v) is 9.61. The van der Waals surface area contributed by atoms with E-state index >= 15 is 0 Å². The van der Waals surface area contributed by atoms with Crippen molar-refractivity contribution in [1.29, 1.82) is 0 Å². The van der Waals surface area contributed by atoms with Crippen LogP contribution in [0.5, 0.6) is 0 Å². The molecule has 0 aliphatic carbocycles. The lowest BCUT2D eigenvalue weighted by atomic mass is 10.2. The van der Waals surface area contributed by atoms with Crippen LogP contribution in [0.2, 0.25) is 0 Å². The van der Waals surface area contributed by atoms with Gasteiger partial charge in [-0.05, 0) is 30.7 Å². The van der Waals surface area contributed by atoms with Crippen molar-refractivity contribution >= 4 is 33.6 Å². The normalized spacial score (nSPS) is 15.7. The van der Waals surface area contributed by atoms with Gasteiger partial charge < -0.3 is 0 Å². The van der Waals surface area contributed by atoms with Gasteiger partial charge in [-0.1, -0.05) is 15.9 Å². The molecular formula is C10H8BrN2O2. The molecular weight excluding hydrogens is 260 g/mol.